The van der Waals surface area contributed by atoms with Crippen molar-refractivity contribution in [2.75, 3.05) is 34.5 Å². The lowest BCUT2D eigenvalue weighted by Crippen LogP contribution is -2.70. The van der Waals surface area contributed by atoms with Crippen LogP contribution in [0.25, 0.3) is 0 Å². The number of rotatable bonds is 22. The Morgan fingerprint density at radius 2 is 1.50 bits per heavy atom. The summed E-state index contributed by atoms with van der Waals surface area (Å²) in [6.07, 6.45) is 10.3. The predicted molar refractivity (Wildman–Crippen MR) is 250 cm³/mol. The highest BCUT2D eigenvalue weighted by Gasteiger charge is 2.61. The second-order valence-corrected chi connectivity index (χ2v) is 18.5. The van der Waals surface area contributed by atoms with Crippen LogP contribution in [0.2, 0.25) is 0 Å². The van der Waals surface area contributed by atoms with Gasteiger partial charge in [0.15, 0.2) is 12.6 Å². The number of aliphatic hydroxyl groups is 5. The van der Waals surface area contributed by atoms with Gasteiger partial charge in [-0.2, -0.15) is 0 Å². The molecule has 4 aliphatic heterocycles. The molecular weight excluding hydrogens is 887 g/mol. The van der Waals surface area contributed by atoms with Crippen molar-refractivity contribution < 1.29 is 82.9 Å². The van der Waals surface area contributed by atoms with Crippen molar-refractivity contribution in [3.63, 3.8) is 0 Å². The van der Waals surface area contributed by atoms with Crippen LogP contribution in [0, 0.1) is 17.3 Å². The third-order valence-corrected chi connectivity index (χ3v) is 13.3. The predicted octanol–water partition coefficient (Wildman–Crippen LogP) is 3.17. The van der Waals surface area contributed by atoms with Crippen molar-refractivity contribution in [1.82, 2.24) is 5.32 Å². The summed E-state index contributed by atoms with van der Waals surface area (Å²) in [5.74, 6) is -6.15. The third-order valence-electron chi connectivity index (χ3n) is 13.3. The van der Waals surface area contributed by atoms with Gasteiger partial charge in [-0.1, -0.05) is 93.7 Å². The van der Waals surface area contributed by atoms with E-state index < -0.39 is 115 Å². The van der Waals surface area contributed by atoms with Crippen LogP contribution in [0.5, 0.6) is 0 Å². The molecule has 18 heteroatoms. The van der Waals surface area contributed by atoms with E-state index in [1.165, 1.54) is 20.3 Å². The Morgan fingerprint density at radius 1 is 0.838 bits per heavy atom. The van der Waals surface area contributed by atoms with Crippen LogP contribution in [-0.4, -0.2) is 175 Å². The smallest absolute Gasteiger partial charge is 0.328 e. The molecular formula is C50H77NO17. The Morgan fingerprint density at radius 3 is 2.16 bits per heavy atom. The molecule has 0 aliphatic carbocycles. The summed E-state index contributed by atoms with van der Waals surface area (Å²) in [5.41, 5.74) is -0.230. The van der Waals surface area contributed by atoms with Gasteiger partial charge >= 0.3 is 5.97 Å². The molecule has 0 radical (unpaired) electrons. The van der Waals surface area contributed by atoms with E-state index in [0.717, 1.165) is 11.6 Å². The normalized spacial score (nSPS) is 37.5. The molecule has 4 saturated heterocycles. The standard InChI is InChI=1S/C50H77NO17/c1-11-12-15-22-39-49(6,7)46(56)47(57)50(59,68-39)33(28-63-41-27-38(61-9)45(32(5)65-41)67-42-26-37(60-8)43(55)31(4)64-42)48(58)51-24-19-18-20-29(2)44(62-10)30(3)36-25-34(52)35(66-36)21-16-13-14-17-23-40(53)54/h11-23,30-39,41-47,52,55-57,59H,24-28H2,1-10H3,(H,51,58)(H,53,54). The van der Waals surface area contributed by atoms with Crippen molar-refractivity contribution in [3.05, 3.63) is 84.6 Å². The second kappa shape index (κ2) is 26.7. The molecule has 0 aromatic rings. The minimum atomic E-state index is -2.63. The molecule has 18 unspecified atom stereocenters. The summed E-state index contributed by atoms with van der Waals surface area (Å²) in [6.45, 7) is 12.1. The Hall–Kier alpha value is -3.44. The van der Waals surface area contributed by atoms with Gasteiger partial charge in [0.2, 0.25) is 11.7 Å². The number of carboxylic acid groups (broad SMARTS) is 1. The molecule has 7 N–H and O–H groups in total. The van der Waals surface area contributed by atoms with E-state index in [2.05, 4.69) is 5.32 Å². The van der Waals surface area contributed by atoms with E-state index in [-0.39, 0.29) is 37.5 Å². The average Bonchev–Trinajstić information content (AvgIpc) is 3.67. The first kappa shape index (κ1) is 57.1. The molecule has 4 heterocycles. The number of allylic oxidation sites excluding steroid dienone is 9. The van der Waals surface area contributed by atoms with Crippen LogP contribution in [-0.2, 0) is 52.2 Å². The van der Waals surface area contributed by atoms with Gasteiger partial charge in [-0.05, 0) is 33.3 Å². The van der Waals surface area contributed by atoms with Gasteiger partial charge < -0.3 is 78.6 Å². The van der Waals surface area contributed by atoms with Gasteiger partial charge in [-0.15, -0.1) is 0 Å². The first-order chi connectivity index (χ1) is 32.2. The fraction of sp³-hybridized carbons (Fsp3) is 0.680. The first-order valence-corrected chi connectivity index (χ1v) is 23.3. The Bertz CT molecular complexity index is 1810. The minimum absolute atomic E-state index is 0.00576. The van der Waals surface area contributed by atoms with E-state index in [0.29, 0.717) is 6.42 Å². The van der Waals surface area contributed by atoms with Crippen LogP contribution in [0.1, 0.15) is 67.7 Å². The van der Waals surface area contributed by atoms with Gasteiger partial charge in [0.05, 0.1) is 61.5 Å². The number of nitrogens with one attached hydrogen (secondary N) is 1. The molecule has 1 amide bonds. The zero-order valence-electron chi connectivity index (χ0n) is 41.0. The lowest BCUT2D eigenvalue weighted by molar-refractivity contribution is -0.367. The number of amides is 1. The number of hydrogen-bond donors (Lipinski definition) is 7. The number of carbonyl (C=O) groups excluding carboxylic acids is 1. The van der Waals surface area contributed by atoms with Crippen molar-refractivity contribution in [1.29, 1.82) is 0 Å². The highest BCUT2D eigenvalue weighted by molar-refractivity contribution is 5.80. The third kappa shape index (κ3) is 14.8. The molecule has 4 fully saturated rings. The van der Waals surface area contributed by atoms with Crippen LogP contribution in [0.15, 0.2) is 84.6 Å². The van der Waals surface area contributed by atoms with Gasteiger partial charge in [-0.25, -0.2) is 4.79 Å². The fourth-order valence-electron chi connectivity index (χ4n) is 9.05. The summed E-state index contributed by atoms with van der Waals surface area (Å²) in [6, 6.07) is 0. The number of ether oxygens (including phenoxy) is 9. The number of aliphatic hydroxyl groups excluding tert-OH is 4. The molecule has 4 aliphatic rings. The number of hydrogen-bond acceptors (Lipinski definition) is 16. The molecule has 18 nitrogen and oxygen atoms in total. The topological polar surface area (TPSA) is 251 Å². The first-order valence-electron chi connectivity index (χ1n) is 23.3. The van der Waals surface area contributed by atoms with Crippen molar-refractivity contribution >= 4 is 11.9 Å². The molecule has 384 valence electrons. The zero-order chi connectivity index (χ0) is 50.3. The maximum atomic E-state index is 14.2. The molecule has 68 heavy (non-hydrogen) atoms. The summed E-state index contributed by atoms with van der Waals surface area (Å²) in [5, 5.41) is 67.9. The average molecular weight is 964 g/mol. The van der Waals surface area contributed by atoms with Crippen LogP contribution < -0.4 is 5.32 Å². The number of aliphatic carboxylic acids is 1. The SMILES string of the molecule is CC=CC=CC1OC(O)(C(COC2CC(OC)C(OC3CC(OC)C(O)C(C)O3)C(C)O2)C(=O)NCC=CC=C(C)C(OC)C(C)C2CC(O)C(C=CC=CC=CC(=O)O)O2)C(O)C(O)C1(C)C. The molecule has 0 bridgehead atoms. The highest BCUT2D eigenvalue weighted by atomic mass is 16.7. The molecule has 0 saturated carbocycles. The lowest BCUT2D eigenvalue weighted by atomic mass is 9.71. The van der Waals surface area contributed by atoms with E-state index in [4.69, 9.17) is 47.7 Å². The van der Waals surface area contributed by atoms with E-state index in [9.17, 15) is 35.1 Å². The van der Waals surface area contributed by atoms with E-state index in [1.807, 2.05) is 26.8 Å². The lowest BCUT2D eigenvalue weighted by Gasteiger charge is -2.53. The Labute approximate surface area is 400 Å². The van der Waals surface area contributed by atoms with E-state index >= 15 is 0 Å². The molecule has 18 atom stereocenters. The quantitative estimate of drug-likeness (QED) is 0.0608. The summed E-state index contributed by atoms with van der Waals surface area (Å²) >= 11 is 0. The summed E-state index contributed by atoms with van der Waals surface area (Å²) in [7, 11) is 4.63. The van der Waals surface area contributed by atoms with Crippen LogP contribution >= 0.6 is 0 Å². The van der Waals surface area contributed by atoms with Gasteiger partial charge in [0.25, 0.3) is 0 Å². The summed E-state index contributed by atoms with van der Waals surface area (Å²) in [4.78, 5) is 24.9. The summed E-state index contributed by atoms with van der Waals surface area (Å²) < 4.78 is 54.2. The second-order valence-electron chi connectivity index (χ2n) is 18.5. The van der Waals surface area contributed by atoms with Crippen molar-refractivity contribution in [3.8, 4) is 0 Å². The van der Waals surface area contributed by atoms with Gasteiger partial charge in [0, 0.05) is 64.5 Å². The fourth-order valence-corrected chi connectivity index (χ4v) is 9.05. The number of methoxy groups -OCH3 is 3. The largest absolute Gasteiger partial charge is 0.478 e. The van der Waals surface area contributed by atoms with Crippen LogP contribution in [0.4, 0.5) is 0 Å². The van der Waals surface area contributed by atoms with Crippen molar-refractivity contribution in [2.45, 2.75) is 165 Å². The van der Waals surface area contributed by atoms with Gasteiger partial charge in [-0.3, -0.25) is 4.79 Å². The highest BCUT2D eigenvalue weighted by Crippen LogP contribution is 2.44. The Kier molecular flexibility index (Phi) is 22.4. The number of carboxylic acids is 1. The van der Waals surface area contributed by atoms with Gasteiger partial charge in [0.1, 0.15) is 30.3 Å². The molecule has 0 spiro atoms. The maximum Gasteiger partial charge on any atom is 0.328 e. The molecule has 0 aromatic heterocycles. The number of carbonyl (C=O) groups is 2. The van der Waals surface area contributed by atoms with E-state index in [1.54, 1.807) is 95.6 Å². The monoisotopic (exact) mass is 964 g/mol. The molecule has 4 rings (SSSR count). The Balaban J connectivity index is 1.46. The molecule has 0 aromatic carbocycles. The zero-order valence-corrected chi connectivity index (χ0v) is 41.0. The van der Waals surface area contributed by atoms with Crippen molar-refractivity contribution in [2.24, 2.45) is 17.3 Å². The van der Waals surface area contributed by atoms with Crippen LogP contribution in [0.3, 0.4) is 0 Å². The minimum Gasteiger partial charge on any atom is -0.478 e. The maximum absolute atomic E-state index is 14.2.